The van der Waals surface area contributed by atoms with Crippen LogP contribution in [0.25, 0.3) is 6.08 Å². The quantitative estimate of drug-likeness (QED) is 0.810. The fourth-order valence-corrected chi connectivity index (χ4v) is 3.38. The molecule has 0 saturated carbocycles. The minimum absolute atomic E-state index is 0.399. The van der Waals surface area contributed by atoms with Crippen LogP contribution in [-0.2, 0) is 9.53 Å². The van der Waals surface area contributed by atoms with Crippen LogP contribution in [0.15, 0.2) is 59.2 Å². The molecule has 1 aliphatic heterocycles. The number of benzene rings is 2. The van der Waals surface area contributed by atoms with Gasteiger partial charge in [-0.2, -0.15) is 0 Å². The van der Waals surface area contributed by atoms with Gasteiger partial charge in [0.05, 0.1) is 7.11 Å². The summed E-state index contributed by atoms with van der Waals surface area (Å²) in [6.07, 6.45) is 1.25. The molecule has 134 valence electrons. The van der Waals surface area contributed by atoms with E-state index in [1.54, 1.807) is 48.5 Å². The van der Waals surface area contributed by atoms with Crippen molar-refractivity contribution in [1.82, 2.24) is 4.90 Å². The van der Waals surface area contributed by atoms with E-state index in [0.717, 1.165) is 10.0 Å². The van der Waals surface area contributed by atoms with E-state index < -0.39 is 24.2 Å². The highest BCUT2D eigenvalue weighted by Crippen LogP contribution is 2.38. The van der Waals surface area contributed by atoms with Crippen molar-refractivity contribution in [3.05, 3.63) is 70.3 Å². The summed E-state index contributed by atoms with van der Waals surface area (Å²) in [7, 11) is 1.25. The summed E-state index contributed by atoms with van der Waals surface area (Å²) in [5.41, 5.74) is 1.44. The number of carbonyl (C=O) groups is 2. The van der Waals surface area contributed by atoms with Gasteiger partial charge in [-0.1, -0.05) is 46.3 Å². The van der Waals surface area contributed by atoms with Gasteiger partial charge in [0.15, 0.2) is 0 Å². The van der Waals surface area contributed by atoms with Gasteiger partial charge in [0, 0.05) is 10.7 Å². The topological polar surface area (TPSA) is 76.1 Å². The predicted molar refractivity (Wildman–Crippen MR) is 98.7 cm³/mol. The second-order valence-electron chi connectivity index (χ2n) is 5.57. The maximum atomic E-state index is 12.2. The summed E-state index contributed by atoms with van der Waals surface area (Å²) in [4.78, 5) is 25.5. The van der Waals surface area contributed by atoms with E-state index in [4.69, 9.17) is 9.47 Å². The van der Waals surface area contributed by atoms with Crippen molar-refractivity contribution in [1.29, 1.82) is 0 Å². The van der Waals surface area contributed by atoms with Gasteiger partial charge < -0.3 is 14.6 Å². The Morgan fingerprint density at radius 1 is 1.15 bits per heavy atom. The fraction of sp³-hybridized carbons (Fsp3) is 0.158. The zero-order valence-corrected chi connectivity index (χ0v) is 15.4. The fourth-order valence-electron chi connectivity index (χ4n) is 2.87. The lowest BCUT2D eigenvalue weighted by Crippen LogP contribution is -2.45. The first-order valence-electron chi connectivity index (χ1n) is 7.80. The highest BCUT2D eigenvalue weighted by Gasteiger charge is 2.41. The number of ether oxygens (including phenoxy) is 2. The Bertz CT molecular complexity index is 852. The number of halogens is 1. The minimum Gasteiger partial charge on any atom is -0.478 e. The number of amides is 1. The minimum atomic E-state index is -1.32. The van der Waals surface area contributed by atoms with Crippen molar-refractivity contribution >= 4 is 34.1 Å². The molecule has 3 rings (SSSR count). The number of carbonyl (C=O) groups excluding carboxylic acids is 1. The summed E-state index contributed by atoms with van der Waals surface area (Å²) in [6.45, 7) is 0. The maximum Gasteiger partial charge on any atom is 0.414 e. The van der Waals surface area contributed by atoms with Gasteiger partial charge in [-0.3, -0.25) is 4.90 Å². The summed E-state index contributed by atoms with van der Waals surface area (Å²) in [5.74, 6) is -0.787. The van der Waals surface area contributed by atoms with Gasteiger partial charge in [0.2, 0.25) is 6.10 Å². The van der Waals surface area contributed by atoms with E-state index in [1.165, 1.54) is 18.2 Å². The molecule has 0 bridgehead atoms. The lowest BCUT2D eigenvalue weighted by molar-refractivity contribution is -0.147. The molecule has 2 aromatic rings. The molecule has 6 nitrogen and oxygen atoms in total. The van der Waals surface area contributed by atoms with E-state index in [0.29, 0.717) is 11.3 Å². The standard InChI is InChI=1S/C19H16BrNO5/c1-25-19(24)21-11-10-13-14(8-5-9-15(13)20)16(21)17(18(22)23)26-12-6-3-2-4-7-12/h2-11,16-17H,1H3,(H,22,23)/t16-,17-/m1/s1. The van der Waals surface area contributed by atoms with Crippen LogP contribution in [0.4, 0.5) is 4.79 Å². The number of fused-ring (bicyclic) bond motifs is 1. The Hall–Kier alpha value is -2.80. The Morgan fingerprint density at radius 2 is 1.88 bits per heavy atom. The number of methoxy groups -OCH3 is 1. The van der Waals surface area contributed by atoms with Gasteiger partial charge in [0.25, 0.3) is 0 Å². The Balaban J connectivity index is 2.09. The molecule has 0 unspecified atom stereocenters. The number of nitrogens with zero attached hydrogens (tertiary/aromatic N) is 1. The molecule has 0 aromatic heterocycles. The van der Waals surface area contributed by atoms with Crippen LogP contribution in [0.1, 0.15) is 17.2 Å². The van der Waals surface area contributed by atoms with Gasteiger partial charge in [-0.25, -0.2) is 9.59 Å². The third-order valence-electron chi connectivity index (χ3n) is 4.03. The SMILES string of the molecule is COC(=O)N1C=Cc2c(Br)cccc2[C@@H]1[C@@H](Oc1ccccc1)C(=O)O. The van der Waals surface area contributed by atoms with E-state index >= 15 is 0 Å². The second kappa shape index (κ2) is 7.61. The highest BCUT2D eigenvalue weighted by molar-refractivity contribution is 9.10. The van der Waals surface area contributed by atoms with Crippen LogP contribution in [-0.4, -0.2) is 35.3 Å². The first-order chi connectivity index (χ1) is 12.5. The molecule has 0 aliphatic carbocycles. The molecule has 7 heteroatoms. The van der Waals surface area contributed by atoms with Crippen molar-refractivity contribution in [3.8, 4) is 5.75 Å². The third-order valence-corrected chi connectivity index (χ3v) is 4.72. The number of carboxylic acid groups (broad SMARTS) is 1. The number of rotatable bonds is 4. The van der Waals surface area contributed by atoms with E-state index in [9.17, 15) is 14.7 Å². The first-order valence-corrected chi connectivity index (χ1v) is 8.59. The Kier molecular flexibility index (Phi) is 5.27. The summed E-state index contributed by atoms with van der Waals surface area (Å²) >= 11 is 3.46. The third kappa shape index (κ3) is 3.43. The maximum absolute atomic E-state index is 12.2. The molecule has 1 aliphatic rings. The summed E-state index contributed by atoms with van der Waals surface area (Å²) in [6, 6.07) is 13.1. The zero-order valence-electron chi connectivity index (χ0n) is 13.8. The van der Waals surface area contributed by atoms with Gasteiger partial charge in [-0.15, -0.1) is 0 Å². The molecule has 2 aromatic carbocycles. The zero-order chi connectivity index (χ0) is 18.7. The summed E-state index contributed by atoms with van der Waals surface area (Å²) < 4.78 is 11.4. The van der Waals surface area contributed by atoms with E-state index in [-0.39, 0.29) is 0 Å². The number of para-hydroxylation sites is 1. The van der Waals surface area contributed by atoms with E-state index in [1.807, 2.05) is 6.07 Å². The number of hydrogen-bond donors (Lipinski definition) is 1. The molecule has 0 spiro atoms. The molecule has 2 atom stereocenters. The van der Waals surface area contributed by atoms with Crippen LogP contribution in [0.2, 0.25) is 0 Å². The molecule has 0 saturated heterocycles. The highest BCUT2D eigenvalue weighted by atomic mass is 79.9. The number of carboxylic acids is 1. The number of hydrogen-bond acceptors (Lipinski definition) is 4. The van der Waals surface area contributed by atoms with Crippen molar-refractivity contribution in [2.45, 2.75) is 12.1 Å². The molecule has 1 amide bonds. The normalized spacial score (nSPS) is 16.5. The lowest BCUT2D eigenvalue weighted by Gasteiger charge is -2.35. The second-order valence-corrected chi connectivity index (χ2v) is 6.42. The van der Waals surface area contributed by atoms with Crippen molar-refractivity contribution in [2.75, 3.05) is 7.11 Å². The Morgan fingerprint density at radius 3 is 2.54 bits per heavy atom. The molecular weight excluding hydrogens is 402 g/mol. The van der Waals surface area contributed by atoms with Gasteiger partial charge in [-0.05, 0) is 35.4 Å². The van der Waals surface area contributed by atoms with Crippen molar-refractivity contribution < 1.29 is 24.2 Å². The largest absolute Gasteiger partial charge is 0.478 e. The smallest absolute Gasteiger partial charge is 0.414 e. The van der Waals surface area contributed by atoms with Gasteiger partial charge in [0.1, 0.15) is 11.8 Å². The van der Waals surface area contributed by atoms with Gasteiger partial charge >= 0.3 is 12.1 Å². The van der Waals surface area contributed by atoms with Crippen LogP contribution in [0.5, 0.6) is 5.75 Å². The van der Waals surface area contributed by atoms with E-state index in [2.05, 4.69) is 15.9 Å². The molecule has 1 N–H and O–H groups in total. The molecule has 1 heterocycles. The monoisotopic (exact) mass is 417 g/mol. The van der Waals surface area contributed by atoms with Crippen LogP contribution < -0.4 is 4.74 Å². The molecular formula is C19H16BrNO5. The molecule has 0 fully saturated rings. The molecule has 26 heavy (non-hydrogen) atoms. The average Bonchev–Trinajstić information content (AvgIpc) is 2.66. The predicted octanol–water partition coefficient (Wildman–Crippen LogP) is 4.08. The van der Waals surface area contributed by atoms with Crippen molar-refractivity contribution in [2.24, 2.45) is 0 Å². The Labute approximate surface area is 158 Å². The average molecular weight is 418 g/mol. The van der Waals surface area contributed by atoms with Crippen LogP contribution >= 0.6 is 15.9 Å². The van der Waals surface area contributed by atoms with Crippen molar-refractivity contribution in [3.63, 3.8) is 0 Å². The lowest BCUT2D eigenvalue weighted by atomic mass is 9.92. The number of aliphatic carboxylic acids is 1. The molecule has 0 radical (unpaired) electrons. The van der Waals surface area contributed by atoms with Crippen LogP contribution in [0.3, 0.4) is 0 Å². The summed E-state index contributed by atoms with van der Waals surface area (Å²) in [5, 5.41) is 9.81. The first kappa shape index (κ1) is 18.0. The van der Waals surface area contributed by atoms with Crippen LogP contribution in [0, 0.1) is 0 Å².